The van der Waals surface area contributed by atoms with Gasteiger partial charge >= 0.3 is 0 Å². The van der Waals surface area contributed by atoms with E-state index in [-0.39, 0.29) is 11.6 Å². The van der Waals surface area contributed by atoms with E-state index in [9.17, 15) is 13.6 Å². The number of hydrogen-bond donors (Lipinski definition) is 2. The maximum Gasteiger partial charge on any atom is 0.257 e. The number of amides is 1. The molecule has 1 amide bonds. The Morgan fingerprint density at radius 2 is 1.80 bits per heavy atom. The summed E-state index contributed by atoms with van der Waals surface area (Å²) in [5, 5.41) is 5.46. The van der Waals surface area contributed by atoms with Gasteiger partial charge in [-0.1, -0.05) is 6.07 Å². The van der Waals surface area contributed by atoms with Gasteiger partial charge in [-0.05, 0) is 36.8 Å². The lowest BCUT2D eigenvalue weighted by Crippen LogP contribution is -2.14. The first kappa shape index (κ1) is 14.0. The Labute approximate surface area is 115 Å². The molecule has 0 spiro atoms. The lowest BCUT2D eigenvalue weighted by atomic mass is 10.1. The smallest absolute Gasteiger partial charge is 0.257 e. The molecule has 0 aromatic heterocycles. The van der Waals surface area contributed by atoms with E-state index in [4.69, 9.17) is 0 Å². The third-order valence-corrected chi connectivity index (χ3v) is 2.87. The summed E-state index contributed by atoms with van der Waals surface area (Å²) >= 11 is 0. The largest absolute Gasteiger partial charge is 0.387 e. The number of anilines is 2. The second-order valence-corrected chi connectivity index (χ2v) is 4.38. The van der Waals surface area contributed by atoms with E-state index in [0.29, 0.717) is 11.3 Å². The van der Waals surface area contributed by atoms with Gasteiger partial charge in [-0.2, -0.15) is 0 Å². The van der Waals surface area contributed by atoms with E-state index in [1.54, 1.807) is 19.2 Å². The molecule has 0 aliphatic heterocycles. The molecule has 0 saturated carbocycles. The van der Waals surface area contributed by atoms with E-state index in [1.165, 1.54) is 6.07 Å². The lowest BCUT2D eigenvalue weighted by molar-refractivity contribution is 0.102. The van der Waals surface area contributed by atoms with Crippen LogP contribution >= 0.6 is 0 Å². The molecule has 104 valence electrons. The molecule has 0 bridgehead atoms. The summed E-state index contributed by atoms with van der Waals surface area (Å²) in [6.07, 6.45) is 0. The Morgan fingerprint density at radius 3 is 2.45 bits per heavy atom. The highest BCUT2D eigenvalue weighted by molar-refractivity contribution is 6.08. The predicted molar refractivity (Wildman–Crippen MR) is 75.0 cm³/mol. The Balaban J connectivity index is 2.25. The summed E-state index contributed by atoms with van der Waals surface area (Å²) in [6, 6.07) is 8.54. The van der Waals surface area contributed by atoms with Gasteiger partial charge < -0.3 is 10.6 Å². The Morgan fingerprint density at radius 1 is 1.05 bits per heavy atom. The fraction of sp³-hybridized carbons (Fsp3) is 0.133. The molecule has 0 aliphatic carbocycles. The van der Waals surface area contributed by atoms with Crippen LogP contribution in [-0.4, -0.2) is 13.0 Å². The first-order chi connectivity index (χ1) is 9.51. The van der Waals surface area contributed by atoms with Gasteiger partial charge in [0.2, 0.25) is 0 Å². The fourth-order valence-corrected chi connectivity index (χ4v) is 1.84. The van der Waals surface area contributed by atoms with Crippen molar-refractivity contribution in [2.45, 2.75) is 6.92 Å². The second kappa shape index (κ2) is 5.69. The van der Waals surface area contributed by atoms with E-state index in [1.807, 2.05) is 13.0 Å². The van der Waals surface area contributed by atoms with Crippen molar-refractivity contribution in [2.75, 3.05) is 17.7 Å². The number of aryl methyl sites for hydroxylation is 1. The number of rotatable bonds is 3. The number of carbonyl (C=O) groups excluding carboxylic acids is 1. The Hall–Kier alpha value is -2.43. The maximum atomic E-state index is 13.1. The molecule has 0 heterocycles. The topological polar surface area (TPSA) is 41.1 Å². The summed E-state index contributed by atoms with van der Waals surface area (Å²) in [6.45, 7) is 1.91. The summed E-state index contributed by atoms with van der Waals surface area (Å²) in [5.74, 6) is -2.34. The molecular weight excluding hydrogens is 262 g/mol. The minimum Gasteiger partial charge on any atom is -0.387 e. The highest BCUT2D eigenvalue weighted by Gasteiger charge is 2.12. The van der Waals surface area contributed by atoms with Gasteiger partial charge in [0.25, 0.3) is 5.91 Å². The number of halogens is 2. The third-order valence-electron chi connectivity index (χ3n) is 2.87. The molecule has 5 heteroatoms. The molecule has 0 saturated heterocycles. The summed E-state index contributed by atoms with van der Waals surface area (Å²) in [7, 11) is 1.71. The van der Waals surface area contributed by atoms with Gasteiger partial charge in [-0.3, -0.25) is 4.79 Å². The van der Waals surface area contributed by atoms with Crippen molar-refractivity contribution in [1.29, 1.82) is 0 Å². The molecular formula is C15H14F2N2O. The van der Waals surface area contributed by atoms with Gasteiger partial charge in [0.15, 0.2) is 11.6 Å². The molecule has 0 fully saturated rings. The molecule has 3 nitrogen and oxygen atoms in total. The predicted octanol–water partition coefficient (Wildman–Crippen LogP) is 3.57. The minimum absolute atomic E-state index is 0.205. The van der Waals surface area contributed by atoms with Crippen LogP contribution in [0.2, 0.25) is 0 Å². The number of carbonyl (C=O) groups is 1. The van der Waals surface area contributed by atoms with Crippen molar-refractivity contribution in [3.8, 4) is 0 Å². The van der Waals surface area contributed by atoms with E-state index < -0.39 is 11.6 Å². The van der Waals surface area contributed by atoms with Crippen LogP contribution in [0.1, 0.15) is 15.9 Å². The molecule has 2 N–H and O–H groups in total. The zero-order chi connectivity index (χ0) is 14.7. The third kappa shape index (κ3) is 2.93. The summed E-state index contributed by atoms with van der Waals surface area (Å²) < 4.78 is 25.9. The molecule has 0 aliphatic rings. The molecule has 2 aromatic rings. The highest BCUT2D eigenvalue weighted by Crippen LogP contribution is 2.20. The molecule has 20 heavy (non-hydrogen) atoms. The van der Waals surface area contributed by atoms with Crippen LogP contribution in [0.15, 0.2) is 36.4 Å². The quantitative estimate of drug-likeness (QED) is 0.899. The SMILES string of the molecule is CNc1cc(C)ccc1C(=O)Nc1ccc(F)c(F)c1. The van der Waals surface area contributed by atoms with Crippen molar-refractivity contribution in [3.05, 3.63) is 59.2 Å². The van der Waals surface area contributed by atoms with Crippen molar-refractivity contribution in [3.63, 3.8) is 0 Å². The van der Waals surface area contributed by atoms with E-state index in [2.05, 4.69) is 10.6 Å². The molecule has 2 rings (SSSR count). The van der Waals surface area contributed by atoms with Crippen molar-refractivity contribution < 1.29 is 13.6 Å². The summed E-state index contributed by atoms with van der Waals surface area (Å²) in [4.78, 5) is 12.1. The molecule has 0 atom stereocenters. The average molecular weight is 276 g/mol. The van der Waals surface area contributed by atoms with Gasteiger partial charge in [0.05, 0.1) is 5.56 Å². The van der Waals surface area contributed by atoms with Crippen LogP contribution in [-0.2, 0) is 0 Å². The van der Waals surface area contributed by atoms with E-state index >= 15 is 0 Å². The average Bonchev–Trinajstić information content (AvgIpc) is 2.42. The maximum absolute atomic E-state index is 13.1. The first-order valence-corrected chi connectivity index (χ1v) is 6.06. The van der Waals surface area contributed by atoms with Crippen LogP contribution in [0.25, 0.3) is 0 Å². The van der Waals surface area contributed by atoms with Gasteiger partial charge in [0, 0.05) is 24.5 Å². The fourth-order valence-electron chi connectivity index (χ4n) is 1.84. The second-order valence-electron chi connectivity index (χ2n) is 4.38. The number of nitrogens with one attached hydrogen (secondary N) is 2. The van der Waals surface area contributed by atoms with Crippen molar-refractivity contribution in [1.82, 2.24) is 0 Å². The van der Waals surface area contributed by atoms with Crippen LogP contribution in [0, 0.1) is 18.6 Å². The highest BCUT2D eigenvalue weighted by atomic mass is 19.2. The molecule has 2 aromatic carbocycles. The zero-order valence-electron chi connectivity index (χ0n) is 11.1. The van der Waals surface area contributed by atoms with Crippen LogP contribution in [0.5, 0.6) is 0 Å². The van der Waals surface area contributed by atoms with E-state index in [0.717, 1.165) is 17.7 Å². The normalized spacial score (nSPS) is 10.2. The van der Waals surface area contributed by atoms with Crippen molar-refractivity contribution >= 4 is 17.3 Å². The number of benzene rings is 2. The zero-order valence-corrected chi connectivity index (χ0v) is 11.1. The van der Waals surface area contributed by atoms with Gasteiger partial charge in [0.1, 0.15) is 0 Å². The lowest BCUT2D eigenvalue weighted by Gasteiger charge is -2.11. The van der Waals surface area contributed by atoms with Crippen LogP contribution < -0.4 is 10.6 Å². The van der Waals surface area contributed by atoms with Crippen molar-refractivity contribution in [2.24, 2.45) is 0 Å². The summed E-state index contributed by atoms with van der Waals surface area (Å²) in [5.41, 5.74) is 2.32. The van der Waals surface area contributed by atoms with Gasteiger partial charge in [-0.15, -0.1) is 0 Å². The van der Waals surface area contributed by atoms with Crippen LogP contribution in [0.3, 0.4) is 0 Å². The molecule has 0 unspecified atom stereocenters. The van der Waals surface area contributed by atoms with Gasteiger partial charge in [-0.25, -0.2) is 8.78 Å². The minimum atomic E-state index is -0.999. The monoisotopic (exact) mass is 276 g/mol. The Bertz CT molecular complexity index is 656. The number of hydrogen-bond acceptors (Lipinski definition) is 2. The standard InChI is InChI=1S/C15H14F2N2O/c1-9-3-5-11(14(7-9)18-2)15(20)19-10-4-6-12(16)13(17)8-10/h3-8,18H,1-2H3,(H,19,20). The molecule has 0 radical (unpaired) electrons. The Kier molecular flexibility index (Phi) is 3.98. The van der Waals surface area contributed by atoms with Crippen LogP contribution in [0.4, 0.5) is 20.2 Å². The first-order valence-electron chi connectivity index (χ1n) is 6.06.